The van der Waals surface area contributed by atoms with Gasteiger partial charge in [0.05, 0.1) is 6.04 Å². The van der Waals surface area contributed by atoms with Gasteiger partial charge in [-0.3, -0.25) is 4.79 Å². The van der Waals surface area contributed by atoms with Crippen molar-refractivity contribution < 1.29 is 9.53 Å². The first-order chi connectivity index (χ1) is 11.0. The minimum Gasteiger partial charge on any atom is -0.490 e. The molecule has 1 amide bonds. The Labute approximate surface area is 136 Å². The molecule has 1 heterocycles. The summed E-state index contributed by atoms with van der Waals surface area (Å²) in [5.74, 6) is 0.860. The van der Waals surface area contributed by atoms with E-state index < -0.39 is 6.04 Å². The van der Waals surface area contributed by atoms with Gasteiger partial charge in [-0.05, 0) is 48.2 Å². The third-order valence-electron chi connectivity index (χ3n) is 4.06. The van der Waals surface area contributed by atoms with Crippen LogP contribution in [0.1, 0.15) is 25.0 Å². The van der Waals surface area contributed by atoms with E-state index in [1.165, 1.54) is 11.1 Å². The van der Waals surface area contributed by atoms with Crippen molar-refractivity contribution in [2.75, 3.05) is 0 Å². The van der Waals surface area contributed by atoms with Crippen molar-refractivity contribution in [3.8, 4) is 16.9 Å². The Hall–Kier alpha value is -2.33. The fourth-order valence-electron chi connectivity index (χ4n) is 2.77. The van der Waals surface area contributed by atoms with E-state index in [1.54, 1.807) is 6.92 Å². The van der Waals surface area contributed by atoms with Crippen molar-refractivity contribution in [3.05, 3.63) is 53.6 Å². The predicted molar refractivity (Wildman–Crippen MR) is 91.2 cm³/mol. The van der Waals surface area contributed by atoms with Crippen molar-refractivity contribution >= 4 is 5.91 Å². The van der Waals surface area contributed by atoms with Crippen molar-refractivity contribution in [1.82, 2.24) is 5.32 Å². The van der Waals surface area contributed by atoms with Crippen molar-refractivity contribution in [1.29, 1.82) is 0 Å². The Bertz CT molecular complexity index is 708. The molecule has 0 saturated carbocycles. The third kappa shape index (κ3) is 3.54. The van der Waals surface area contributed by atoms with Crippen molar-refractivity contribution in [2.24, 2.45) is 5.73 Å². The number of amides is 1. The molecular weight excluding hydrogens is 288 g/mol. The molecular formula is C19H22N2O2. The lowest BCUT2D eigenvalue weighted by Gasteiger charge is -2.09. The molecule has 1 aliphatic heterocycles. The molecule has 3 rings (SSSR count). The predicted octanol–water partition coefficient (Wildman–Crippen LogP) is 2.64. The number of rotatable bonds is 4. The molecule has 0 aliphatic carbocycles. The number of nitrogens with one attached hydrogen (secondary N) is 1. The van der Waals surface area contributed by atoms with Crippen LogP contribution in [0.2, 0.25) is 0 Å². The zero-order valence-corrected chi connectivity index (χ0v) is 13.5. The molecule has 0 radical (unpaired) electrons. The van der Waals surface area contributed by atoms with Gasteiger partial charge in [0.15, 0.2) is 0 Å². The Balaban J connectivity index is 1.70. The SMILES string of the molecule is CC1Cc2cc(-c3ccc(CNC(=O)C(C)N)cc3)ccc2O1. The maximum absolute atomic E-state index is 11.5. The number of carbonyl (C=O) groups is 1. The number of carbonyl (C=O) groups excluding carboxylic acids is 1. The van der Waals surface area contributed by atoms with Gasteiger partial charge in [-0.1, -0.05) is 30.3 Å². The minimum absolute atomic E-state index is 0.137. The summed E-state index contributed by atoms with van der Waals surface area (Å²) in [5, 5.41) is 2.82. The molecule has 2 atom stereocenters. The maximum Gasteiger partial charge on any atom is 0.236 e. The van der Waals surface area contributed by atoms with Gasteiger partial charge in [-0.2, -0.15) is 0 Å². The fraction of sp³-hybridized carbons (Fsp3) is 0.316. The molecule has 0 aromatic heterocycles. The summed E-state index contributed by atoms with van der Waals surface area (Å²) in [7, 11) is 0. The van der Waals surface area contributed by atoms with Gasteiger partial charge in [-0.15, -0.1) is 0 Å². The van der Waals surface area contributed by atoms with Crippen LogP contribution in [0.5, 0.6) is 5.75 Å². The largest absolute Gasteiger partial charge is 0.490 e. The highest BCUT2D eigenvalue weighted by atomic mass is 16.5. The van der Waals surface area contributed by atoms with Crippen LogP contribution in [0.25, 0.3) is 11.1 Å². The minimum atomic E-state index is -0.481. The van der Waals surface area contributed by atoms with Gasteiger partial charge in [0, 0.05) is 13.0 Å². The number of ether oxygens (including phenoxy) is 1. The molecule has 2 aromatic rings. The maximum atomic E-state index is 11.5. The Morgan fingerprint density at radius 3 is 2.65 bits per heavy atom. The highest BCUT2D eigenvalue weighted by Gasteiger charge is 2.19. The van der Waals surface area contributed by atoms with Crippen LogP contribution in [0.15, 0.2) is 42.5 Å². The Kier molecular flexibility index (Phi) is 4.35. The summed E-state index contributed by atoms with van der Waals surface area (Å²) in [6, 6.07) is 14.1. The average molecular weight is 310 g/mol. The van der Waals surface area contributed by atoms with Gasteiger partial charge in [0.1, 0.15) is 11.9 Å². The molecule has 0 spiro atoms. The summed E-state index contributed by atoms with van der Waals surface area (Å²) in [6.45, 7) is 4.26. The van der Waals surface area contributed by atoms with Crippen molar-refractivity contribution in [2.45, 2.75) is 39.0 Å². The van der Waals surface area contributed by atoms with Crippen LogP contribution in [-0.2, 0) is 17.8 Å². The normalized spacial score (nSPS) is 17.3. The lowest BCUT2D eigenvalue weighted by molar-refractivity contribution is -0.122. The fourth-order valence-corrected chi connectivity index (χ4v) is 2.77. The quantitative estimate of drug-likeness (QED) is 0.912. The van der Waals surface area contributed by atoms with E-state index in [4.69, 9.17) is 10.5 Å². The van der Waals surface area contributed by atoms with E-state index in [-0.39, 0.29) is 12.0 Å². The lowest BCUT2D eigenvalue weighted by atomic mass is 10.00. The Morgan fingerprint density at radius 1 is 1.26 bits per heavy atom. The molecule has 2 aromatic carbocycles. The first-order valence-electron chi connectivity index (χ1n) is 7.95. The van der Waals surface area contributed by atoms with Gasteiger partial charge >= 0.3 is 0 Å². The number of benzene rings is 2. The smallest absolute Gasteiger partial charge is 0.236 e. The molecule has 120 valence electrons. The Morgan fingerprint density at radius 2 is 1.96 bits per heavy atom. The number of nitrogens with two attached hydrogens (primary N) is 1. The zero-order chi connectivity index (χ0) is 16.4. The standard InChI is InChI=1S/C19H22N2O2/c1-12-9-17-10-16(7-8-18(17)23-12)15-5-3-14(4-6-15)11-21-19(22)13(2)20/h3-8,10,12-13H,9,11,20H2,1-2H3,(H,21,22). The van der Waals surface area contributed by atoms with Crippen LogP contribution < -0.4 is 15.8 Å². The second kappa shape index (κ2) is 6.42. The number of fused-ring (bicyclic) bond motifs is 1. The van der Waals surface area contributed by atoms with Gasteiger partial charge in [0.2, 0.25) is 5.91 Å². The third-order valence-corrected chi connectivity index (χ3v) is 4.06. The highest BCUT2D eigenvalue weighted by Crippen LogP contribution is 2.32. The second-order valence-electron chi connectivity index (χ2n) is 6.16. The van der Waals surface area contributed by atoms with Gasteiger partial charge < -0.3 is 15.8 Å². The summed E-state index contributed by atoms with van der Waals surface area (Å²) in [6.07, 6.45) is 1.22. The monoisotopic (exact) mass is 310 g/mol. The molecule has 0 bridgehead atoms. The summed E-state index contributed by atoms with van der Waals surface area (Å²) >= 11 is 0. The van der Waals surface area contributed by atoms with E-state index in [0.717, 1.165) is 23.3 Å². The van der Waals surface area contributed by atoms with Crippen LogP contribution in [0, 0.1) is 0 Å². The summed E-state index contributed by atoms with van der Waals surface area (Å²) < 4.78 is 5.74. The topological polar surface area (TPSA) is 64.4 Å². The molecule has 0 saturated heterocycles. The van der Waals surface area contributed by atoms with Gasteiger partial charge in [0.25, 0.3) is 0 Å². The average Bonchev–Trinajstić information content (AvgIpc) is 2.92. The molecule has 4 nitrogen and oxygen atoms in total. The van der Waals surface area contributed by atoms with Gasteiger partial charge in [-0.25, -0.2) is 0 Å². The van der Waals surface area contributed by atoms with E-state index >= 15 is 0 Å². The van der Waals surface area contributed by atoms with Crippen LogP contribution in [0.4, 0.5) is 0 Å². The summed E-state index contributed by atoms with van der Waals surface area (Å²) in [5.41, 5.74) is 10.2. The molecule has 1 aliphatic rings. The number of hydrogen-bond donors (Lipinski definition) is 2. The first-order valence-corrected chi connectivity index (χ1v) is 7.95. The summed E-state index contributed by atoms with van der Waals surface area (Å²) in [4.78, 5) is 11.5. The first kappa shape index (κ1) is 15.6. The van der Waals surface area contributed by atoms with Crippen LogP contribution in [0.3, 0.4) is 0 Å². The second-order valence-corrected chi connectivity index (χ2v) is 6.16. The molecule has 2 unspecified atom stereocenters. The van der Waals surface area contributed by atoms with E-state index in [0.29, 0.717) is 6.54 Å². The van der Waals surface area contributed by atoms with Crippen LogP contribution >= 0.6 is 0 Å². The molecule has 0 fully saturated rings. The van der Waals surface area contributed by atoms with E-state index in [2.05, 4.69) is 36.5 Å². The molecule has 4 heteroatoms. The molecule has 3 N–H and O–H groups in total. The number of hydrogen-bond acceptors (Lipinski definition) is 3. The van der Waals surface area contributed by atoms with Crippen LogP contribution in [-0.4, -0.2) is 18.1 Å². The zero-order valence-electron chi connectivity index (χ0n) is 13.5. The van der Waals surface area contributed by atoms with Crippen molar-refractivity contribution in [3.63, 3.8) is 0 Å². The molecule has 23 heavy (non-hydrogen) atoms. The lowest BCUT2D eigenvalue weighted by Crippen LogP contribution is -2.37. The van der Waals surface area contributed by atoms with E-state index in [1.807, 2.05) is 18.2 Å². The van der Waals surface area contributed by atoms with E-state index in [9.17, 15) is 4.79 Å². The highest BCUT2D eigenvalue weighted by molar-refractivity contribution is 5.80.